The Hall–Kier alpha value is -0.860. The SMILES string of the molecule is NCCCc1ccccc1.O. The fourth-order valence-electron chi connectivity index (χ4n) is 0.951. The standard InChI is InChI=1S/C9H13N.H2O/c10-8-4-7-9-5-2-1-3-6-9;/h1-3,5-6H,4,7-8,10H2;1H2. The van der Waals surface area contributed by atoms with E-state index in [4.69, 9.17) is 5.73 Å². The second-order valence-corrected chi connectivity index (χ2v) is 2.38. The first-order chi connectivity index (χ1) is 4.93. The van der Waals surface area contributed by atoms with Gasteiger partial charge in [0, 0.05) is 0 Å². The fourth-order valence-corrected chi connectivity index (χ4v) is 0.951. The molecule has 0 amide bonds. The van der Waals surface area contributed by atoms with Gasteiger partial charge in [-0.1, -0.05) is 30.3 Å². The van der Waals surface area contributed by atoms with Crippen molar-refractivity contribution in [3.8, 4) is 0 Å². The lowest BCUT2D eigenvalue weighted by Gasteiger charge is -1.96. The Labute approximate surface area is 67.3 Å². The highest BCUT2D eigenvalue weighted by Crippen LogP contribution is 2.00. The Kier molecular flexibility index (Phi) is 5.43. The third-order valence-electron chi connectivity index (χ3n) is 1.51. The third kappa shape index (κ3) is 3.75. The van der Waals surface area contributed by atoms with Gasteiger partial charge in [0.1, 0.15) is 0 Å². The minimum atomic E-state index is 0. The van der Waals surface area contributed by atoms with Crippen LogP contribution in [0.3, 0.4) is 0 Å². The van der Waals surface area contributed by atoms with Gasteiger partial charge >= 0.3 is 0 Å². The van der Waals surface area contributed by atoms with E-state index in [1.54, 1.807) is 0 Å². The molecular weight excluding hydrogens is 138 g/mol. The monoisotopic (exact) mass is 153 g/mol. The molecule has 2 nitrogen and oxygen atoms in total. The Morgan fingerprint density at radius 1 is 1.09 bits per heavy atom. The summed E-state index contributed by atoms with van der Waals surface area (Å²) in [5.74, 6) is 0. The number of rotatable bonds is 3. The van der Waals surface area contributed by atoms with Crippen molar-refractivity contribution in [3.63, 3.8) is 0 Å². The molecular formula is C9H15NO. The quantitative estimate of drug-likeness (QED) is 0.684. The minimum Gasteiger partial charge on any atom is -0.412 e. The van der Waals surface area contributed by atoms with Crippen molar-refractivity contribution in [2.75, 3.05) is 6.54 Å². The largest absolute Gasteiger partial charge is 0.412 e. The molecule has 0 atom stereocenters. The molecule has 1 aromatic carbocycles. The summed E-state index contributed by atoms with van der Waals surface area (Å²) in [4.78, 5) is 0. The van der Waals surface area contributed by atoms with Crippen LogP contribution in [0, 0.1) is 0 Å². The molecule has 0 unspecified atom stereocenters. The lowest BCUT2D eigenvalue weighted by molar-refractivity contribution is 0.824. The maximum absolute atomic E-state index is 5.38. The van der Waals surface area contributed by atoms with Crippen LogP contribution in [-0.4, -0.2) is 12.0 Å². The second-order valence-electron chi connectivity index (χ2n) is 2.38. The first-order valence-corrected chi connectivity index (χ1v) is 3.67. The van der Waals surface area contributed by atoms with Gasteiger partial charge in [0.2, 0.25) is 0 Å². The van der Waals surface area contributed by atoms with Crippen LogP contribution in [0.5, 0.6) is 0 Å². The molecule has 0 aliphatic carbocycles. The Morgan fingerprint density at radius 3 is 2.27 bits per heavy atom. The Morgan fingerprint density at radius 2 is 1.73 bits per heavy atom. The van der Waals surface area contributed by atoms with Crippen molar-refractivity contribution < 1.29 is 5.48 Å². The first-order valence-electron chi connectivity index (χ1n) is 3.67. The predicted octanol–water partition coefficient (Wildman–Crippen LogP) is 0.753. The molecule has 0 fully saturated rings. The van der Waals surface area contributed by atoms with Gasteiger partial charge in [0.25, 0.3) is 0 Å². The van der Waals surface area contributed by atoms with E-state index in [2.05, 4.69) is 24.3 Å². The smallest absolute Gasteiger partial charge is 0.00741 e. The third-order valence-corrected chi connectivity index (χ3v) is 1.51. The highest BCUT2D eigenvalue weighted by atomic mass is 16.0. The van der Waals surface area contributed by atoms with Gasteiger partial charge in [-0.25, -0.2) is 0 Å². The molecule has 1 aromatic rings. The first kappa shape index (κ1) is 10.1. The number of aryl methyl sites for hydroxylation is 1. The number of hydrogen-bond acceptors (Lipinski definition) is 1. The molecule has 0 radical (unpaired) electrons. The number of hydrogen-bond donors (Lipinski definition) is 1. The highest BCUT2D eigenvalue weighted by Gasteiger charge is 1.87. The summed E-state index contributed by atoms with van der Waals surface area (Å²) < 4.78 is 0. The molecule has 0 aliphatic heterocycles. The topological polar surface area (TPSA) is 57.5 Å². The highest BCUT2D eigenvalue weighted by molar-refractivity contribution is 5.14. The fraction of sp³-hybridized carbons (Fsp3) is 0.333. The van der Waals surface area contributed by atoms with Crippen LogP contribution in [0.4, 0.5) is 0 Å². The molecule has 0 saturated carbocycles. The van der Waals surface area contributed by atoms with E-state index < -0.39 is 0 Å². The maximum Gasteiger partial charge on any atom is -0.00741 e. The van der Waals surface area contributed by atoms with Crippen molar-refractivity contribution in [2.45, 2.75) is 12.8 Å². The Bertz CT molecular complexity index is 174. The second kappa shape index (κ2) is 5.89. The number of benzene rings is 1. The molecule has 62 valence electrons. The van der Waals surface area contributed by atoms with Gasteiger partial charge in [0.15, 0.2) is 0 Å². The minimum absolute atomic E-state index is 0. The van der Waals surface area contributed by atoms with Crippen LogP contribution < -0.4 is 5.73 Å². The van der Waals surface area contributed by atoms with Gasteiger partial charge in [-0.3, -0.25) is 0 Å². The van der Waals surface area contributed by atoms with Gasteiger partial charge < -0.3 is 11.2 Å². The van der Waals surface area contributed by atoms with Crippen LogP contribution in [0.1, 0.15) is 12.0 Å². The summed E-state index contributed by atoms with van der Waals surface area (Å²) in [6.45, 7) is 0.787. The average molecular weight is 153 g/mol. The van der Waals surface area contributed by atoms with Crippen molar-refractivity contribution in [3.05, 3.63) is 35.9 Å². The Balaban J connectivity index is 0.000001000. The van der Waals surface area contributed by atoms with Crippen LogP contribution in [0.15, 0.2) is 30.3 Å². The maximum atomic E-state index is 5.38. The lowest BCUT2D eigenvalue weighted by Crippen LogP contribution is -1.99. The molecule has 0 aromatic heterocycles. The van der Waals surface area contributed by atoms with E-state index in [0.717, 1.165) is 19.4 Å². The summed E-state index contributed by atoms with van der Waals surface area (Å²) in [5, 5.41) is 0. The summed E-state index contributed by atoms with van der Waals surface area (Å²) in [5.41, 5.74) is 6.76. The molecule has 0 bridgehead atoms. The van der Waals surface area contributed by atoms with E-state index in [1.807, 2.05) is 6.07 Å². The van der Waals surface area contributed by atoms with Crippen molar-refractivity contribution >= 4 is 0 Å². The molecule has 0 heterocycles. The van der Waals surface area contributed by atoms with E-state index in [1.165, 1.54) is 5.56 Å². The summed E-state index contributed by atoms with van der Waals surface area (Å²) in [6.07, 6.45) is 2.20. The lowest BCUT2D eigenvalue weighted by atomic mass is 10.1. The van der Waals surface area contributed by atoms with Gasteiger partial charge in [0.05, 0.1) is 0 Å². The molecule has 0 saturated heterocycles. The van der Waals surface area contributed by atoms with E-state index in [9.17, 15) is 0 Å². The summed E-state index contributed by atoms with van der Waals surface area (Å²) in [7, 11) is 0. The van der Waals surface area contributed by atoms with Crippen molar-refractivity contribution in [1.29, 1.82) is 0 Å². The van der Waals surface area contributed by atoms with Crippen molar-refractivity contribution in [2.24, 2.45) is 5.73 Å². The van der Waals surface area contributed by atoms with Crippen LogP contribution >= 0.6 is 0 Å². The molecule has 11 heavy (non-hydrogen) atoms. The van der Waals surface area contributed by atoms with Gasteiger partial charge in [-0.2, -0.15) is 0 Å². The van der Waals surface area contributed by atoms with Crippen LogP contribution in [0.2, 0.25) is 0 Å². The average Bonchev–Trinajstić information content (AvgIpc) is 2.03. The van der Waals surface area contributed by atoms with E-state index in [-0.39, 0.29) is 5.48 Å². The van der Waals surface area contributed by atoms with Crippen LogP contribution in [0.25, 0.3) is 0 Å². The summed E-state index contributed by atoms with van der Waals surface area (Å²) >= 11 is 0. The zero-order valence-corrected chi connectivity index (χ0v) is 6.59. The van der Waals surface area contributed by atoms with Gasteiger partial charge in [-0.05, 0) is 24.9 Å². The zero-order chi connectivity index (χ0) is 7.23. The van der Waals surface area contributed by atoms with E-state index >= 15 is 0 Å². The molecule has 2 heteroatoms. The molecule has 0 spiro atoms. The summed E-state index contributed by atoms with van der Waals surface area (Å²) in [6, 6.07) is 10.4. The zero-order valence-electron chi connectivity index (χ0n) is 6.59. The number of nitrogens with two attached hydrogens (primary N) is 1. The molecule has 1 rings (SSSR count). The van der Waals surface area contributed by atoms with Crippen molar-refractivity contribution in [1.82, 2.24) is 0 Å². The van der Waals surface area contributed by atoms with Crippen LogP contribution in [-0.2, 0) is 6.42 Å². The molecule has 0 aliphatic rings. The predicted molar refractivity (Wildman–Crippen MR) is 47.4 cm³/mol. The normalized spacial score (nSPS) is 8.82. The molecule has 4 N–H and O–H groups in total. The van der Waals surface area contributed by atoms with E-state index in [0.29, 0.717) is 0 Å². The van der Waals surface area contributed by atoms with Gasteiger partial charge in [-0.15, -0.1) is 0 Å².